The van der Waals surface area contributed by atoms with Crippen LogP contribution < -0.4 is 42.5 Å². The molecule has 10 amide bonds. The molecule has 20 nitrogen and oxygen atoms in total. The second kappa shape index (κ2) is 22.6. The van der Waals surface area contributed by atoms with Crippen molar-refractivity contribution in [2.75, 3.05) is 50.9 Å². The maximum Gasteiger partial charge on any atom is 0.321 e. The summed E-state index contributed by atoms with van der Waals surface area (Å²) in [6, 6.07) is 20.0. The summed E-state index contributed by atoms with van der Waals surface area (Å²) in [6.45, 7) is 3.59. The maximum atomic E-state index is 14.5. The highest BCUT2D eigenvalue weighted by Crippen LogP contribution is 2.42. The molecule has 2 aliphatic carbocycles. The number of nitrogens with one attached hydrogen (secondary N) is 8. The van der Waals surface area contributed by atoms with Crippen molar-refractivity contribution in [2.45, 2.75) is 137 Å². The first-order valence-electron chi connectivity index (χ1n) is 26.2. The summed E-state index contributed by atoms with van der Waals surface area (Å²) in [7, 11) is 3.27. The lowest BCUT2D eigenvalue weighted by molar-refractivity contribution is -0.144. The second-order valence-corrected chi connectivity index (χ2v) is 20.8. The molecule has 0 radical (unpaired) electrons. The van der Waals surface area contributed by atoms with Gasteiger partial charge in [-0.2, -0.15) is 0 Å². The summed E-state index contributed by atoms with van der Waals surface area (Å²) in [5.41, 5.74) is 3.14. The van der Waals surface area contributed by atoms with Crippen molar-refractivity contribution >= 4 is 58.9 Å². The van der Waals surface area contributed by atoms with Crippen molar-refractivity contribution in [1.82, 2.24) is 51.5 Å². The summed E-state index contributed by atoms with van der Waals surface area (Å²) in [4.78, 5) is 117. The first-order chi connectivity index (χ1) is 35.7. The van der Waals surface area contributed by atoms with Gasteiger partial charge in [-0.1, -0.05) is 60.7 Å². The van der Waals surface area contributed by atoms with Crippen molar-refractivity contribution in [2.24, 2.45) is 0 Å². The summed E-state index contributed by atoms with van der Waals surface area (Å²) in [6.07, 6.45) is 4.59. The molecule has 6 fully saturated rings. The SMILES string of the molecule is CN[C@@H](C)C(=O)N[C@H]1CN(C(=O)Nc2ccc(NC(=O)N3CC[C@H]4CC[C@@H](C(=O)N[C@H]5C[C@@H]5c5ccccc5)N4C(=O)[C@@H](NC(=O)[C@H](C)NC)C3)cc2)CC[C@H]2CCC(C(=O)N[C@H]3C[C@@H]3c3ccccc3)N2C1=O. The van der Waals surface area contributed by atoms with Crippen molar-refractivity contribution in [3.05, 3.63) is 96.1 Å². The molecule has 0 bridgehead atoms. The van der Waals surface area contributed by atoms with Gasteiger partial charge in [0.1, 0.15) is 24.2 Å². The molecule has 0 aromatic heterocycles. The number of carbonyl (C=O) groups is 8. The Morgan fingerprint density at radius 1 is 0.500 bits per heavy atom. The molecule has 4 saturated heterocycles. The average molecular weight is 1020 g/mol. The Bertz CT molecular complexity index is 2400. The van der Waals surface area contributed by atoms with Crippen LogP contribution in [0.4, 0.5) is 21.0 Å². The van der Waals surface area contributed by atoms with Crippen LogP contribution in [-0.2, 0) is 28.8 Å². The Morgan fingerprint density at radius 2 is 0.878 bits per heavy atom. The van der Waals surface area contributed by atoms with Crippen molar-refractivity contribution < 1.29 is 38.4 Å². The fraction of sp³-hybridized carbons (Fsp3) is 0.519. The molecule has 8 N–H and O–H groups in total. The normalized spacial score (nSPS) is 28.2. The van der Waals surface area contributed by atoms with Crippen LogP contribution in [0.5, 0.6) is 0 Å². The van der Waals surface area contributed by atoms with E-state index in [1.165, 1.54) is 9.80 Å². The van der Waals surface area contributed by atoms with E-state index in [4.69, 9.17) is 0 Å². The zero-order valence-electron chi connectivity index (χ0n) is 42.6. The smallest absolute Gasteiger partial charge is 0.321 e. The van der Waals surface area contributed by atoms with Crippen LogP contribution in [0.2, 0.25) is 0 Å². The monoisotopic (exact) mass is 1010 g/mol. The standard InChI is InChI=1S/C54H70N12O8/c1-31(55-3)47(67)61-43-29-63(25-23-37-19-21-45(65(37)51(43)71)49(69)59-41-27-39(41)33-11-7-5-8-12-33)53(73)57-35-15-17-36(18-16-35)58-54(74)64-26-24-38-20-22-46(50(70)60-42-28-40(42)34-13-9-6-10-14-34)66(38)52(72)44(30-64)62-48(68)32(2)56-4/h5-18,31-32,37-46,55-56H,19-30H2,1-4H3,(H,57,73)(H,58,74)(H,59,69)(H,60,70)(H,61,67)(H,62,68)/t31-,32-,37+,38+,39+,40+,41-,42-,43-,44-,45-,46?/m0/s1. The van der Waals surface area contributed by atoms with E-state index in [0.29, 0.717) is 49.9 Å². The lowest BCUT2D eigenvalue weighted by Crippen LogP contribution is -2.62. The fourth-order valence-electron chi connectivity index (χ4n) is 11.1. The number of fused-ring (bicyclic) bond motifs is 2. The third kappa shape index (κ3) is 11.7. The van der Waals surface area contributed by atoms with E-state index in [0.717, 1.165) is 24.0 Å². The predicted octanol–water partition coefficient (Wildman–Crippen LogP) is 2.41. The van der Waals surface area contributed by atoms with E-state index in [2.05, 4.69) is 66.8 Å². The van der Waals surface area contributed by atoms with Crippen LogP contribution >= 0.6 is 0 Å². The summed E-state index contributed by atoms with van der Waals surface area (Å²) in [5, 5.41) is 23.7. The first kappa shape index (κ1) is 51.8. The zero-order chi connectivity index (χ0) is 52.2. The van der Waals surface area contributed by atoms with Crippen LogP contribution in [0, 0.1) is 0 Å². The van der Waals surface area contributed by atoms with Gasteiger partial charge in [0, 0.05) is 60.5 Å². The Balaban J connectivity index is 0.822. The highest BCUT2D eigenvalue weighted by atomic mass is 16.2. The van der Waals surface area contributed by atoms with Gasteiger partial charge in [0.05, 0.1) is 25.2 Å². The van der Waals surface area contributed by atoms with E-state index in [1.54, 1.807) is 62.0 Å². The molecule has 74 heavy (non-hydrogen) atoms. The highest BCUT2D eigenvalue weighted by molar-refractivity contribution is 5.97. The molecular formula is C54H70N12O8. The molecule has 20 heteroatoms. The zero-order valence-corrected chi connectivity index (χ0v) is 42.6. The van der Waals surface area contributed by atoms with Crippen molar-refractivity contribution in [3.63, 3.8) is 0 Å². The largest absolute Gasteiger partial charge is 0.351 e. The predicted molar refractivity (Wildman–Crippen MR) is 277 cm³/mol. The lowest BCUT2D eigenvalue weighted by Gasteiger charge is -2.39. The minimum absolute atomic E-state index is 0.0155. The van der Waals surface area contributed by atoms with E-state index in [-0.39, 0.29) is 74.0 Å². The summed E-state index contributed by atoms with van der Waals surface area (Å²) >= 11 is 0. The van der Waals surface area contributed by atoms with Crippen LogP contribution in [0.3, 0.4) is 0 Å². The maximum absolute atomic E-state index is 14.5. The summed E-state index contributed by atoms with van der Waals surface area (Å²) < 4.78 is 0. The number of hydrogen-bond acceptors (Lipinski definition) is 10. The average Bonchev–Trinajstić information content (AvgIpc) is 4.27. The van der Waals surface area contributed by atoms with Crippen molar-refractivity contribution in [1.29, 1.82) is 0 Å². The molecule has 9 rings (SSSR count). The number of nitrogens with zero attached hydrogens (tertiary/aromatic N) is 4. The second-order valence-electron chi connectivity index (χ2n) is 20.8. The Hall–Kier alpha value is -7.06. The van der Waals surface area contributed by atoms with Crippen molar-refractivity contribution in [3.8, 4) is 0 Å². The Kier molecular flexibility index (Phi) is 15.8. The number of benzene rings is 3. The fourth-order valence-corrected chi connectivity index (χ4v) is 11.1. The molecule has 4 heterocycles. The molecule has 394 valence electrons. The molecule has 3 aromatic rings. The minimum atomic E-state index is -1.12. The molecule has 0 spiro atoms. The minimum Gasteiger partial charge on any atom is -0.351 e. The molecule has 4 aliphatic heterocycles. The molecular weight excluding hydrogens is 945 g/mol. The van der Waals surface area contributed by atoms with E-state index in [1.807, 2.05) is 36.4 Å². The van der Waals surface area contributed by atoms with Gasteiger partial charge < -0.3 is 62.1 Å². The number of hydrogen-bond donors (Lipinski definition) is 8. The highest BCUT2D eigenvalue weighted by Gasteiger charge is 2.50. The number of carbonyl (C=O) groups excluding carboxylic acids is 8. The number of amides is 10. The molecule has 2 saturated carbocycles. The molecule has 3 aromatic carbocycles. The first-order valence-corrected chi connectivity index (χ1v) is 26.2. The van der Waals surface area contributed by atoms with Crippen LogP contribution in [-0.4, -0.2) is 168 Å². The molecule has 12 atom stereocenters. The number of rotatable bonds is 14. The van der Waals surface area contributed by atoms with Gasteiger partial charge in [0.2, 0.25) is 35.4 Å². The Labute approximate surface area is 431 Å². The van der Waals surface area contributed by atoms with Crippen LogP contribution in [0.1, 0.15) is 88.2 Å². The third-order valence-electron chi connectivity index (χ3n) is 15.9. The lowest BCUT2D eigenvalue weighted by atomic mass is 10.1. The summed E-state index contributed by atoms with van der Waals surface area (Å²) in [5.74, 6) is -1.65. The number of likely N-dealkylation sites (N-methyl/N-ethyl adjacent to an activating group) is 2. The topological polar surface area (TPSA) is 246 Å². The Morgan fingerprint density at radius 3 is 1.24 bits per heavy atom. The van der Waals surface area contributed by atoms with Gasteiger partial charge in [-0.05, 0) is 115 Å². The van der Waals surface area contributed by atoms with E-state index in [9.17, 15) is 38.4 Å². The number of anilines is 2. The van der Waals surface area contributed by atoms with Gasteiger partial charge >= 0.3 is 12.1 Å². The van der Waals surface area contributed by atoms with E-state index >= 15 is 0 Å². The van der Waals surface area contributed by atoms with Gasteiger partial charge in [-0.3, -0.25) is 28.8 Å². The third-order valence-corrected chi connectivity index (χ3v) is 15.9. The van der Waals surface area contributed by atoms with Crippen LogP contribution in [0.15, 0.2) is 84.9 Å². The van der Waals surface area contributed by atoms with Gasteiger partial charge in [-0.15, -0.1) is 0 Å². The van der Waals surface area contributed by atoms with E-state index < -0.39 is 71.9 Å². The molecule has 6 aliphatic rings. The molecule has 1 unspecified atom stereocenters. The quantitative estimate of drug-likeness (QED) is 0.117. The van der Waals surface area contributed by atoms with Gasteiger partial charge in [0.15, 0.2) is 0 Å². The number of urea groups is 2. The van der Waals surface area contributed by atoms with Crippen LogP contribution in [0.25, 0.3) is 0 Å². The van der Waals surface area contributed by atoms with Gasteiger partial charge in [0.25, 0.3) is 0 Å². The van der Waals surface area contributed by atoms with Gasteiger partial charge in [-0.25, -0.2) is 9.59 Å².